The summed E-state index contributed by atoms with van der Waals surface area (Å²) in [4.78, 5) is 13.6. The van der Waals surface area contributed by atoms with Crippen molar-refractivity contribution in [2.24, 2.45) is 0 Å². The molecule has 82 valence electrons. The van der Waals surface area contributed by atoms with Gasteiger partial charge in [0, 0.05) is 26.2 Å². The largest absolute Gasteiger partial charge is 0.383 e. The van der Waals surface area contributed by atoms with Crippen molar-refractivity contribution >= 4 is 6.03 Å². The number of hydrogen-bond donors (Lipinski definition) is 1. The molecular formula is C10H20N2O2. The van der Waals surface area contributed by atoms with E-state index in [-0.39, 0.29) is 6.03 Å². The number of likely N-dealkylation sites (tertiary alicyclic amines) is 1. The Kier molecular flexibility index (Phi) is 4.73. The minimum absolute atomic E-state index is 0.0502. The first kappa shape index (κ1) is 11.3. The molecule has 1 atom stereocenters. The van der Waals surface area contributed by atoms with Gasteiger partial charge in [-0.15, -0.1) is 0 Å². The maximum absolute atomic E-state index is 11.6. The molecule has 4 nitrogen and oxygen atoms in total. The first-order chi connectivity index (χ1) is 6.75. The second kappa shape index (κ2) is 5.86. The van der Waals surface area contributed by atoms with E-state index >= 15 is 0 Å². The molecule has 0 saturated carbocycles. The summed E-state index contributed by atoms with van der Waals surface area (Å²) in [7, 11) is 1.63. The Morgan fingerprint density at radius 1 is 1.57 bits per heavy atom. The number of ether oxygens (including phenoxy) is 1. The third-order valence-corrected chi connectivity index (χ3v) is 2.65. The second-order valence-electron chi connectivity index (χ2n) is 3.76. The molecular weight excluding hydrogens is 180 g/mol. The topological polar surface area (TPSA) is 41.6 Å². The smallest absolute Gasteiger partial charge is 0.317 e. The highest BCUT2D eigenvalue weighted by Gasteiger charge is 2.22. The van der Waals surface area contributed by atoms with Gasteiger partial charge in [-0.2, -0.15) is 0 Å². The van der Waals surface area contributed by atoms with Crippen LogP contribution in [0.5, 0.6) is 0 Å². The molecule has 0 aromatic rings. The highest BCUT2D eigenvalue weighted by molar-refractivity contribution is 5.74. The zero-order valence-electron chi connectivity index (χ0n) is 9.08. The molecule has 1 saturated heterocycles. The van der Waals surface area contributed by atoms with Crippen molar-refractivity contribution in [1.82, 2.24) is 10.2 Å². The third kappa shape index (κ3) is 3.18. The van der Waals surface area contributed by atoms with Crippen LogP contribution in [0.3, 0.4) is 0 Å². The Bertz CT molecular complexity index is 185. The molecule has 0 unspecified atom stereocenters. The monoisotopic (exact) mass is 200 g/mol. The van der Waals surface area contributed by atoms with Gasteiger partial charge in [0.05, 0.1) is 6.61 Å². The third-order valence-electron chi connectivity index (χ3n) is 2.65. The first-order valence-corrected chi connectivity index (χ1v) is 5.29. The van der Waals surface area contributed by atoms with Crippen molar-refractivity contribution < 1.29 is 9.53 Å². The van der Waals surface area contributed by atoms with Gasteiger partial charge in [-0.25, -0.2) is 4.79 Å². The van der Waals surface area contributed by atoms with Crippen LogP contribution in [-0.2, 0) is 4.74 Å². The van der Waals surface area contributed by atoms with Gasteiger partial charge < -0.3 is 15.0 Å². The van der Waals surface area contributed by atoms with Crippen molar-refractivity contribution in [3.63, 3.8) is 0 Å². The van der Waals surface area contributed by atoms with Gasteiger partial charge in [-0.05, 0) is 26.2 Å². The van der Waals surface area contributed by atoms with Gasteiger partial charge in [0.25, 0.3) is 0 Å². The number of carbonyl (C=O) groups excluding carboxylic acids is 1. The minimum atomic E-state index is 0.0502. The lowest BCUT2D eigenvalue weighted by Gasteiger charge is -2.33. The Hall–Kier alpha value is -0.770. The summed E-state index contributed by atoms with van der Waals surface area (Å²) in [6, 6.07) is 0.431. The summed E-state index contributed by atoms with van der Waals surface area (Å²) in [6.07, 6.45) is 3.49. The van der Waals surface area contributed by atoms with Crippen LogP contribution < -0.4 is 5.32 Å². The van der Waals surface area contributed by atoms with Crippen molar-refractivity contribution in [2.45, 2.75) is 32.2 Å². The lowest BCUT2D eigenvalue weighted by Crippen LogP contribution is -2.48. The molecule has 0 spiro atoms. The van der Waals surface area contributed by atoms with Crippen LogP contribution in [0.4, 0.5) is 4.79 Å². The number of carbonyl (C=O) groups is 1. The Morgan fingerprint density at radius 3 is 3.00 bits per heavy atom. The van der Waals surface area contributed by atoms with Crippen LogP contribution in [-0.4, -0.2) is 43.8 Å². The standard InChI is InChI=1S/C10H20N2O2/c1-9-5-3-4-7-12(9)10(13)11-6-8-14-2/h9H,3-8H2,1-2H3,(H,11,13)/t9-/m0/s1. The number of rotatable bonds is 3. The van der Waals surface area contributed by atoms with Gasteiger partial charge in [-0.3, -0.25) is 0 Å². The molecule has 1 heterocycles. The van der Waals surface area contributed by atoms with Gasteiger partial charge in [0.15, 0.2) is 0 Å². The van der Waals surface area contributed by atoms with E-state index < -0.39 is 0 Å². The fourth-order valence-corrected chi connectivity index (χ4v) is 1.76. The van der Waals surface area contributed by atoms with E-state index in [1.165, 1.54) is 6.42 Å². The van der Waals surface area contributed by atoms with Crippen molar-refractivity contribution in [3.8, 4) is 0 Å². The van der Waals surface area contributed by atoms with Crippen LogP contribution in [0.2, 0.25) is 0 Å². The number of nitrogens with zero attached hydrogens (tertiary/aromatic N) is 1. The summed E-state index contributed by atoms with van der Waals surface area (Å²) in [5.74, 6) is 0. The van der Waals surface area contributed by atoms with E-state index in [2.05, 4.69) is 12.2 Å². The Balaban J connectivity index is 2.27. The summed E-state index contributed by atoms with van der Waals surface area (Å²) in [5, 5.41) is 2.85. The summed E-state index contributed by atoms with van der Waals surface area (Å²) in [5.41, 5.74) is 0. The molecule has 0 aromatic carbocycles. The molecule has 1 rings (SSSR count). The first-order valence-electron chi connectivity index (χ1n) is 5.29. The lowest BCUT2D eigenvalue weighted by molar-refractivity contribution is 0.151. The van der Waals surface area contributed by atoms with Crippen LogP contribution in [0.25, 0.3) is 0 Å². The van der Waals surface area contributed by atoms with Crippen LogP contribution in [0.1, 0.15) is 26.2 Å². The van der Waals surface area contributed by atoms with Crippen molar-refractivity contribution in [1.29, 1.82) is 0 Å². The summed E-state index contributed by atoms with van der Waals surface area (Å²) in [6.45, 7) is 4.17. The van der Waals surface area contributed by atoms with Gasteiger partial charge >= 0.3 is 6.03 Å². The number of amides is 2. The normalized spacial score (nSPS) is 22.1. The fraction of sp³-hybridized carbons (Fsp3) is 0.900. The quantitative estimate of drug-likeness (QED) is 0.696. The Labute approximate surface area is 85.6 Å². The number of methoxy groups -OCH3 is 1. The summed E-state index contributed by atoms with van der Waals surface area (Å²) < 4.78 is 4.87. The maximum atomic E-state index is 11.6. The van der Waals surface area contributed by atoms with Crippen LogP contribution >= 0.6 is 0 Å². The van der Waals surface area contributed by atoms with E-state index in [0.717, 1.165) is 19.4 Å². The number of urea groups is 1. The molecule has 1 fully saturated rings. The zero-order valence-corrected chi connectivity index (χ0v) is 9.08. The maximum Gasteiger partial charge on any atom is 0.317 e. The highest BCUT2D eigenvalue weighted by atomic mass is 16.5. The van der Waals surface area contributed by atoms with Gasteiger partial charge in [0.1, 0.15) is 0 Å². The predicted octanol–water partition coefficient (Wildman–Crippen LogP) is 1.22. The van der Waals surface area contributed by atoms with Crippen LogP contribution in [0.15, 0.2) is 0 Å². The van der Waals surface area contributed by atoms with E-state index in [1.807, 2.05) is 4.90 Å². The fourth-order valence-electron chi connectivity index (χ4n) is 1.76. The second-order valence-corrected chi connectivity index (χ2v) is 3.76. The molecule has 1 N–H and O–H groups in total. The molecule has 0 aromatic heterocycles. The average Bonchev–Trinajstić information content (AvgIpc) is 2.18. The molecule has 4 heteroatoms. The molecule has 0 radical (unpaired) electrons. The van der Waals surface area contributed by atoms with Gasteiger partial charge in [-0.1, -0.05) is 0 Å². The zero-order chi connectivity index (χ0) is 10.4. The number of piperidine rings is 1. The van der Waals surface area contributed by atoms with Crippen molar-refractivity contribution in [3.05, 3.63) is 0 Å². The number of nitrogens with one attached hydrogen (secondary N) is 1. The predicted molar refractivity (Wildman–Crippen MR) is 55.3 cm³/mol. The van der Waals surface area contributed by atoms with E-state index in [4.69, 9.17) is 4.74 Å². The molecule has 0 bridgehead atoms. The lowest BCUT2D eigenvalue weighted by atomic mass is 10.0. The van der Waals surface area contributed by atoms with Crippen molar-refractivity contribution in [2.75, 3.05) is 26.8 Å². The molecule has 1 aliphatic heterocycles. The SMILES string of the molecule is COCCNC(=O)N1CCCC[C@@H]1C. The molecule has 2 amide bonds. The minimum Gasteiger partial charge on any atom is -0.383 e. The average molecular weight is 200 g/mol. The van der Waals surface area contributed by atoms with Crippen LogP contribution in [0, 0.1) is 0 Å². The van der Waals surface area contributed by atoms with E-state index in [9.17, 15) is 4.79 Å². The van der Waals surface area contributed by atoms with Gasteiger partial charge in [0.2, 0.25) is 0 Å². The number of hydrogen-bond acceptors (Lipinski definition) is 2. The van der Waals surface area contributed by atoms with E-state index in [0.29, 0.717) is 19.2 Å². The molecule has 0 aliphatic carbocycles. The Morgan fingerprint density at radius 2 is 2.36 bits per heavy atom. The molecule has 14 heavy (non-hydrogen) atoms. The molecule has 1 aliphatic rings. The van der Waals surface area contributed by atoms with E-state index in [1.54, 1.807) is 7.11 Å². The summed E-state index contributed by atoms with van der Waals surface area (Å²) >= 11 is 0. The highest BCUT2D eigenvalue weighted by Crippen LogP contribution is 2.15.